The number of methoxy groups -OCH3 is 1. The second kappa shape index (κ2) is 9.38. The van der Waals surface area contributed by atoms with Crippen molar-refractivity contribution < 1.29 is 20.1 Å². The second-order valence-electron chi connectivity index (χ2n) is 3.46. The molecule has 0 aromatic heterocycles. The fourth-order valence-corrected chi connectivity index (χ4v) is 1.32. The summed E-state index contributed by atoms with van der Waals surface area (Å²) in [6.07, 6.45) is -1.14. The molecule has 0 radical (unpaired) electrons. The Labute approximate surface area is 94.3 Å². The SMILES string of the molecule is CO[C@H](CO)[C@H](O)C(O)CCCCN=[N+]=[N-]. The molecule has 7 nitrogen and oxygen atoms in total. The third-order valence-electron chi connectivity index (χ3n) is 2.33. The van der Waals surface area contributed by atoms with E-state index in [0.717, 1.165) is 0 Å². The molecule has 3 N–H and O–H groups in total. The number of aliphatic hydroxyl groups is 3. The number of ether oxygens (including phenoxy) is 1. The maximum Gasteiger partial charge on any atom is 0.109 e. The minimum Gasteiger partial charge on any atom is -0.394 e. The first-order valence-corrected chi connectivity index (χ1v) is 5.18. The average molecular weight is 233 g/mol. The first kappa shape index (κ1) is 15.2. The van der Waals surface area contributed by atoms with Crippen molar-refractivity contribution in [2.75, 3.05) is 20.3 Å². The summed E-state index contributed by atoms with van der Waals surface area (Å²) in [6, 6.07) is 0. The van der Waals surface area contributed by atoms with Crippen molar-refractivity contribution in [1.29, 1.82) is 0 Å². The Balaban J connectivity index is 3.77. The topological polar surface area (TPSA) is 119 Å². The third kappa shape index (κ3) is 5.89. The Kier molecular flexibility index (Phi) is 8.88. The summed E-state index contributed by atoms with van der Waals surface area (Å²) < 4.78 is 4.80. The standard InChI is InChI=1S/C9H19N3O4/c1-16-8(6-13)9(15)7(14)4-2-3-5-11-12-10/h7-9,13-15H,2-6H2,1H3/t7?,8-,9-/m1/s1. The predicted octanol–water partition coefficient (Wildman–Crippen LogP) is 0.196. The van der Waals surface area contributed by atoms with Crippen LogP contribution in [-0.4, -0.2) is 53.9 Å². The van der Waals surface area contributed by atoms with E-state index >= 15 is 0 Å². The maximum atomic E-state index is 9.56. The molecule has 0 rings (SSSR count). The van der Waals surface area contributed by atoms with Gasteiger partial charge in [-0.05, 0) is 18.4 Å². The number of rotatable bonds is 9. The molecule has 0 aliphatic carbocycles. The van der Waals surface area contributed by atoms with Crippen LogP contribution in [0.3, 0.4) is 0 Å². The zero-order chi connectivity index (χ0) is 12.4. The lowest BCUT2D eigenvalue weighted by molar-refractivity contribution is -0.0944. The summed E-state index contributed by atoms with van der Waals surface area (Å²) in [5.41, 5.74) is 8.02. The summed E-state index contributed by atoms with van der Waals surface area (Å²) >= 11 is 0. The lowest BCUT2D eigenvalue weighted by Crippen LogP contribution is -2.40. The molecule has 0 bridgehead atoms. The van der Waals surface area contributed by atoms with Crippen LogP contribution in [0.2, 0.25) is 0 Å². The first-order valence-electron chi connectivity index (χ1n) is 5.18. The van der Waals surface area contributed by atoms with Gasteiger partial charge in [-0.2, -0.15) is 0 Å². The number of nitrogens with zero attached hydrogens (tertiary/aromatic N) is 3. The van der Waals surface area contributed by atoms with Crippen LogP contribution in [0.4, 0.5) is 0 Å². The van der Waals surface area contributed by atoms with Gasteiger partial charge < -0.3 is 20.1 Å². The average Bonchev–Trinajstić information content (AvgIpc) is 2.30. The van der Waals surface area contributed by atoms with E-state index in [1.165, 1.54) is 7.11 Å². The normalized spacial score (nSPS) is 16.2. The van der Waals surface area contributed by atoms with Crippen LogP contribution in [-0.2, 0) is 4.74 Å². The smallest absolute Gasteiger partial charge is 0.109 e. The third-order valence-corrected chi connectivity index (χ3v) is 2.33. The second-order valence-corrected chi connectivity index (χ2v) is 3.46. The van der Waals surface area contributed by atoms with Gasteiger partial charge in [0.15, 0.2) is 0 Å². The van der Waals surface area contributed by atoms with Gasteiger partial charge in [-0.15, -0.1) is 0 Å². The first-order chi connectivity index (χ1) is 7.67. The molecular weight excluding hydrogens is 214 g/mol. The van der Waals surface area contributed by atoms with Gasteiger partial charge >= 0.3 is 0 Å². The molecule has 16 heavy (non-hydrogen) atoms. The Morgan fingerprint density at radius 3 is 2.56 bits per heavy atom. The molecule has 7 heteroatoms. The van der Waals surface area contributed by atoms with Crippen molar-refractivity contribution in [2.24, 2.45) is 5.11 Å². The largest absolute Gasteiger partial charge is 0.394 e. The molecule has 0 heterocycles. The molecule has 0 aliphatic heterocycles. The number of azide groups is 1. The van der Waals surface area contributed by atoms with E-state index in [9.17, 15) is 10.2 Å². The molecule has 1 unspecified atom stereocenters. The maximum absolute atomic E-state index is 9.56. The summed E-state index contributed by atoms with van der Waals surface area (Å²) in [4.78, 5) is 2.60. The van der Waals surface area contributed by atoms with Gasteiger partial charge in [0.1, 0.15) is 12.2 Å². The van der Waals surface area contributed by atoms with Crippen LogP contribution >= 0.6 is 0 Å². The fourth-order valence-electron chi connectivity index (χ4n) is 1.32. The van der Waals surface area contributed by atoms with Crippen LogP contribution in [0.5, 0.6) is 0 Å². The van der Waals surface area contributed by atoms with E-state index in [0.29, 0.717) is 25.8 Å². The van der Waals surface area contributed by atoms with E-state index in [1.807, 2.05) is 0 Å². The Bertz CT molecular complexity index is 217. The number of aliphatic hydroxyl groups excluding tert-OH is 3. The number of unbranched alkanes of at least 4 members (excludes halogenated alkanes) is 1. The van der Waals surface area contributed by atoms with Crippen molar-refractivity contribution in [1.82, 2.24) is 0 Å². The molecule has 0 aromatic rings. The Morgan fingerprint density at radius 1 is 1.38 bits per heavy atom. The van der Waals surface area contributed by atoms with Crippen molar-refractivity contribution in [3.63, 3.8) is 0 Å². The summed E-state index contributed by atoms with van der Waals surface area (Å²) in [7, 11) is 1.36. The van der Waals surface area contributed by atoms with Crippen LogP contribution < -0.4 is 0 Å². The Morgan fingerprint density at radius 2 is 2.06 bits per heavy atom. The summed E-state index contributed by atoms with van der Waals surface area (Å²) in [5.74, 6) is 0. The zero-order valence-corrected chi connectivity index (χ0v) is 9.36. The lowest BCUT2D eigenvalue weighted by atomic mass is 10.0. The molecule has 0 aromatic carbocycles. The molecule has 0 amide bonds. The van der Waals surface area contributed by atoms with Gasteiger partial charge in [0.05, 0.1) is 12.7 Å². The monoisotopic (exact) mass is 233 g/mol. The van der Waals surface area contributed by atoms with Crippen LogP contribution in [0, 0.1) is 0 Å². The van der Waals surface area contributed by atoms with Crippen molar-refractivity contribution in [3.8, 4) is 0 Å². The molecule has 0 saturated heterocycles. The van der Waals surface area contributed by atoms with Crippen molar-refractivity contribution in [2.45, 2.75) is 37.6 Å². The minimum atomic E-state index is -1.10. The van der Waals surface area contributed by atoms with Gasteiger partial charge in [0, 0.05) is 18.6 Å². The van der Waals surface area contributed by atoms with E-state index < -0.39 is 18.3 Å². The van der Waals surface area contributed by atoms with E-state index in [2.05, 4.69) is 10.0 Å². The highest BCUT2D eigenvalue weighted by Gasteiger charge is 2.25. The molecule has 3 atom stereocenters. The summed E-state index contributed by atoms with van der Waals surface area (Å²) in [5, 5.41) is 31.3. The summed E-state index contributed by atoms with van der Waals surface area (Å²) in [6.45, 7) is 0.0421. The van der Waals surface area contributed by atoms with Crippen LogP contribution in [0.25, 0.3) is 10.4 Å². The minimum absolute atomic E-state index is 0.340. The van der Waals surface area contributed by atoms with E-state index in [-0.39, 0.29) is 6.61 Å². The fraction of sp³-hybridized carbons (Fsp3) is 1.00. The zero-order valence-electron chi connectivity index (χ0n) is 9.36. The van der Waals surface area contributed by atoms with Gasteiger partial charge in [0.25, 0.3) is 0 Å². The molecular formula is C9H19N3O4. The van der Waals surface area contributed by atoms with Crippen molar-refractivity contribution in [3.05, 3.63) is 10.4 Å². The van der Waals surface area contributed by atoms with Gasteiger partial charge in [-0.3, -0.25) is 0 Å². The highest BCUT2D eigenvalue weighted by molar-refractivity contribution is 4.75. The lowest BCUT2D eigenvalue weighted by Gasteiger charge is -2.24. The molecule has 0 spiro atoms. The molecule has 0 fully saturated rings. The van der Waals surface area contributed by atoms with Crippen LogP contribution in [0.1, 0.15) is 19.3 Å². The quantitative estimate of drug-likeness (QED) is 0.228. The van der Waals surface area contributed by atoms with Gasteiger partial charge in [-0.1, -0.05) is 11.5 Å². The highest BCUT2D eigenvalue weighted by Crippen LogP contribution is 2.10. The van der Waals surface area contributed by atoms with E-state index in [1.54, 1.807) is 0 Å². The van der Waals surface area contributed by atoms with Crippen LogP contribution in [0.15, 0.2) is 5.11 Å². The molecule has 94 valence electrons. The number of hydrogen-bond acceptors (Lipinski definition) is 5. The molecule has 0 saturated carbocycles. The predicted molar refractivity (Wildman–Crippen MR) is 57.8 cm³/mol. The highest BCUT2D eigenvalue weighted by atomic mass is 16.5. The van der Waals surface area contributed by atoms with Gasteiger partial charge in [0.2, 0.25) is 0 Å². The molecule has 0 aliphatic rings. The Hall–Kier alpha value is -0.850. The van der Waals surface area contributed by atoms with Gasteiger partial charge in [-0.25, -0.2) is 0 Å². The number of hydrogen-bond donors (Lipinski definition) is 3. The van der Waals surface area contributed by atoms with Crippen molar-refractivity contribution >= 4 is 0 Å². The van der Waals surface area contributed by atoms with E-state index in [4.69, 9.17) is 15.4 Å².